The van der Waals surface area contributed by atoms with E-state index in [1.165, 1.54) is 30.5 Å². The van der Waals surface area contributed by atoms with Gasteiger partial charge in [-0.15, -0.1) is 0 Å². The van der Waals surface area contributed by atoms with Crippen LogP contribution >= 0.6 is 0 Å². The van der Waals surface area contributed by atoms with Gasteiger partial charge in [0, 0.05) is 44.8 Å². The number of phenols is 1. The van der Waals surface area contributed by atoms with Gasteiger partial charge in [-0.3, -0.25) is 4.99 Å². The van der Waals surface area contributed by atoms with Crippen LogP contribution < -0.4 is 10.6 Å². The molecule has 27 heavy (non-hydrogen) atoms. The van der Waals surface area contributed by atoms with Gasteiger partial charge in [0.1, 0.15) is 5.75 Å². The lowest BCUT2D eigenvalue weighted by molar-refractivity contribution is 0.187. The summed E-state index contributed by atoms with van der Waals surface area (Å²) in [4.78, 5) is 6.97. The number of rotatable bonds is 5. The van der Waals surface area contributed by atoms with Crippen LogP contribution in [0.1, 0.15) is 56.2 Å². The van der Waals surface area contributed by atoms with E-state index >= 15 is 0 Å². The fourth-order valence-electron chi connectivity index (χ4n) is 4.43. The van der Waals surface area contributed by atoms with Crippen molar-refractivity contribution >= 4 is 5.96 Å². The van der Waals surface area contributed by atoms with E-state index in [1.807, 2.05) is 13.1 Å². The number of aliphatic imine (C=N–C) groups is 1. The highest BCUT2D eigenvalue weighted by atomic mass is 16.3. The smallest absolute Gasteiger partial charge is 0.191 e. The Morgan fingerprint density at radius 1 is 1.22 bits per heavy atom. The summed E-state index contributed by atoms with van der Waals surface area (Å²) in [6.45, 7) is 8.69. The largest absolute Gasteiger partial charge is 0.508 e. The Balaban J connectivity index is 1.53. The summed E-state index contributed by atoms with van der Waals surface area (Å²) in [5.74, 6) is 1.97. The van der Waals surface area contributed by atoms with Crippen molar-refractivity contribution in [3.63, 3.8) is 0 Å². The van der Waals surface area contributed by atoms with Crippen molar-refractivity contribution in [3.8, 4) is 5.75 Å². The van der Waals surface area contributed by atoms with Crippen LogP contribution in [0.3, 0.4) is 0 Å². The minimum absolute atomic E-state index is 0.403. The van der Waals surface area contributed by atoms with E-state index < -0.39 is 0 Å². The van der Waals surface area contributed by atoms with Crippen LogP contribution in [0, 0.1) is 5.92 Å². The second-order valence-corrected chi connectivity index (χ2v) is 8.45. The molecular weight excluding hydrogens is 336 g/mol. The van der Waals surface area contributed by atoms with Crippen LogP contribution in [0.4, 0.5) is 0 Å². The Morgan fingerprint density at radius 2 is 1.96 bits per heavy atom. The normalized spacial score (nSPS) is 19.2. The molecule has 0 aromatic heterocycles. The average Bonchev–Trinajstić information content (AvgIpc) is 2.67. The minimum Gasteiger partial charge on any atom is -0.508 e. The number of likely N-dealkylation sites (tertiary alicyclic amines) is 1. The van der Waals surface area contributed by atoms with Gasteiger partial charge < -0.3 is 20.6 Å². The molecule has 5 heteroatoms. The van der Waals surface area contributed by atoms with Crippen LogP contribution in [0.15, 0.2) is 17.1 Å². The molecular formula is C22H36N4O. The fraction of sp³-hybridized carbons (Fsp3) is 0.682. The second kappa shape index (κ2) is 9.45. The van der Waals surface area contributed by atoms with Crippen LogP contribution in [0.25, 0.3) is 0 Å². The molecule has 150 valence electrons. The van der Waals surface area contributed by atoms with Crippen molar-refractivity contribution in [2.75, 3.05) is 26.7 Å². The Morgan fingerprint density at radius 3 is 2.67 bits per heavy atom. The Kier molecular flexibility index (Phi) is 7.00. The first-order valence-electron chi connectivity index (χ1n) is 10.6. The lowest BCUT2D eigenvalue weighted by Gasteiger charge is -2.34. The molecule has 1 aromatic rings. The number of aromatic hydroxyl groups is 1. The molecule has 1 fully saturated rings. The van der Waals surface area contributed by atoms with Crippen LogP contribution in [-0.2, 0) is 19.4 Å². The number of benzene rings is 1. The first kappa shape index (κ1) is 20.0. The third-order valence-electron chi connectivity index (χ3n) is 5.83. The lowest BCUT2D eigenvalue weighted by atomic mass is 9.88. The molecule has 0 saturated carbocycles. The standard InChI is InChI=1S/C22H36N4O/c1-16(2)15-26-12-10-18(11-13-26)25-22(23-3)24-14-20-19-7-5-4-6-17(19)8-9-21(20)27/h8-9,16,18,27H,4-7,10-15H2,1-3H3,(H2,23,24,25). The zero-order valence-electron chi connectivity index (χ0n) is 17.2. The fourth-order valence-corrected chi connectivity index (χ4v) is 4.43. The van der Waals surface area contributed by atoms with Crippen LogP contribution in [0.5, 0.6) is 5.75 Å². The molecule has 0 amide bonds. The number of piperidine rings is 1. The van der Waals surface area contributed by atoms with E-state index in [0.29, 0.717) is 18.3 Å². The zero-order chi connectivity index (χ0) is 19.2. The van der Waals surface area contributed by atoms with Gasteiger partial charge in [0.05, 0.1) is 0 Å². The van der Waals surface area contributed by atoms with E-state index in [0.717, 1.165) is 56.2 Å². The predicted molar refractivity (Wildman–Crippen MR) is 112 cm³/mol. The topological polar surface area (TPSA) is 59.9 Å². The molecule has 2 aliphatic rings. The van der Waals surface area contributed by atoms with Crippen molar-refractivity contribution < 1.29 is 5.11 Å². The second-order valence-electron chi connectivity index (χ2n) is 8.45. The van der Waals surface area contributed by atoms with E-state index in [9.17, 15) is 5.11 Å². The molecule has 0 spiro atoms. The summed E-state index contributed by atoms with van der Waals surface area (Å²) in [5.41, 5.74) is 3.78. The molecule has 0 unspecified atom stereocenters. The molecule has 0 atom stereocenters. The molecule has 1 aliphatic carbocycles. The summed E-state index contributed by atoms with van der Waals surface area (Å²) in [6, 6.07) is 4.41. The molecule has 5 nitrogen and oxygen atoms in total. The first-order valence-corrected chi connectivity index (χ1v) is 10.6. The molecule has 3 N–H and O–H groups in total. The predicted octanol–water partition coefficient (Wildman–Crippen LogP) is 3.06. The summed E-state index contributed by atoms with van der Waals surface area (Å²) in [5, 5.41) is 17.4. The van der Waals surface area contributed by atoms with Gasteiger partial charge in [-0.05, 0) is 61.6 Å². The Hall–Kier alpha value is -1.75. The summed E-state index contributed by atoms with van der Waals surface area (Å²) in [6.07, 6.45) is 6.97. The Labute approximate surface area is 164 Å². The van der Waals surface area contributed by atoms with E-state index in [4.69, 9.17) is 0 Å². The maximum Gasteiger partial charge on any atom is 0.191 e. The number of guanidine groups is 1. The molecule has 1 aliphatic heterocycles. The lowest BCUT2D eigenvalue weighted by Crippen LogP contribution is -2.49. The number of fused-ring (bicyclic) bond motifs is 1. The third kappa shape index (κ3) is 5.38. The summed E-state index contributed by atoms with van der Waals surface area (Å²) >= 11 is 0. The van der Waals surface area contributed by atoms with Crippen molar-refractivity contribution in [1.82, 2.24) is 15.5 Å². The number of nitrogens with zero attached hydrogens (tertiary/aromatic N) is 2. The highest BCUT2D eigenvalue weighted by Gasteiger charge is 2.21. The van der Waals surface area contributed by atoms with Gasteiger partial charge >= 0.3 is 0 Å². The van der Waals surface area contributed by atoms with Crippen molar-refractivity contribution in [2.24, 2.45) is 10.9 Å². The van der Waals surface area contributed by atoms with E-state index in [-0.39, 0.29) is 0 Å². The van der Waals surface area contributed by atoms with E-state index in [2.05, 4.69) is 40.4 Å². The van der Waals surface area contributed by atoms with Gasteiger partial charge in [-0.25, -0.2) is 0 Å². The number of nitrogens with one attached hydrogen (secondary N) is 2. The minimum atomic E-state index is 0.403. The molecule has 1 saturated heterocycles. The quantitative estimate of drug-likeness (QED) is 0.549. The first-order chi connectivity index (χ1) is 13.1. The highest BCUT2D eigenvalue weighted by molar-refractivity contribution is 5.80. The van der Waals surface area contributed by atoms with Crippen LogP contribution in [-0.4, -0.2) is 48.7 Å². The number of hydrogen-bond acceptors (Lipinski definition) is 3. The molecule has 1 aromatic carbocycles. The van der Waals surface area contributed by atoms with Gasteiger partial charge in [0.2, 0.25) is 0 Å². The van der Waals surface area contributed by atoms with Crippen molar-refractivity contribution in [2.45, 2.75) is 65.0 Å². The van der Waals surface area contributed by atoms with Gasteiger partial charge in [-0.1, -0.05) is 19.9 Å². The Bertz CT molecular complexity index is 648. The van der Waals surface area contributed by atoms with Crippen molar-refractivity contribution in [1.29, 1.82) is 0 Å². The number of hydrogen-bond donors (Lipinski definition) is 3. The number of aryl methyl sites for hydroxylation is 1. The monoisotopic (exact) mass is 372 g/mol. The SMILES string of the molecule is CN=C(NCc1c(O)ccc2c1CCCC2)NC1CCN(CC(C)C)CC1. The summed E-state index contributed by atoms with van der Waals surface area (Å²) < 4.78 is 0. The average molecular weight is 373 g/mol. The molecule has 3 rings (SSSR count). The molecule has 0 bridgehead atoms. The highest BCUT2D eigenvalue weighted by Crippen LogP contribution is 2.30. The molecule has 0 radical (unpaired) electrons. The maximum absolute atomic E-state index is 10.4. The maximum atomic E-state index is 10.4. The van der Waals surface area contributed by atoms with Gasteiger partial charge in [0.25, 0.3) is 0 Å². The summed E-state index contributed by atoms with van der Waals surface area (Å²) in [7, 11) is 1.82. The third-order valence-corrected chi connectivity index (χ3v) is 5.83. The number of phenolic OH excluding ortho intramolecular Hbond substituents is 1. The molecule has 1 heterocycles. The van der Waals surface area contributed by atoms with Crippen LogP contribution in [0.2, 0.25) is 0 Å². The van der Waals surface area contributed by atoms with Gasteiger partial charge in [-0.2, -0.15) is 0 Å². The van der Waals surface area contributed by atoms with Gasteiger partial charge in [0.15, 0.2) is 5.96 Å². The van der Waals surface area contributed by atoms with Crippen molar-refractivity contribution in [3.05, 3.63) is 28.8 Å². The zero-order valence-corrected chi connectivity index (χ0v) is 17.2. The van der Waals surface area contributed by atoms with E-state index in [1.54, 1.807) is 0 Å².